The maximum absolute atomic E-state index is 10.7. The normalized spacial score (nSPS) is 12.4. The van der Waals surface area contributed by atoms with Crippen LogP contribution in [-0.4, -0.2) is 56.2 Å². The van der Waals surface area contributed by atoms with Crippen molar-refractivity contribution in [3.8, 4) is 0 Å². The molecule has 50 valence electrons. The molecule has 0 aliphatic heterocycles. The Morgan fingerprint density at radius 1 is 1.22 bits per heavy atom. The van der Waals surface area contributed by atoms with Crippen LogP contribution in [0.15, 0.2) is 0 Å². The van der Waals surface area contributed by atoms with Gasteiger partial charge in [0.05, 0.1) is 0 Å². The first kappa shape index (κ1) is 12.6. The van der Waals surface area contributed by atoms with Crippen LogP contribution >= 0.6 is 0 Å². The van der Waals surface area contributed by atoms with Crippen LogP contribution in [0, 0.1) is 0 Å². The summed E-state index contributed by atoms with van der Waals surface area (Å²) in [6.45, 7) is 0. The summed E-state index contributed by atoms with van der Waals surface area (Å²) in [6.07, 6.45) is 0. The number of hydrogen-bond donors (Lipinski definition) is 0. The molecule has 0 fully saturated rings. The Bertz CT molecular complexity index is 168. The maximum atomic E-state index is 10.7. The van der Waals surface area contributed by atoms with Crippen LogP contribution in [-0.2, 0) is 10.1 Å². The Labute approximate surface area is 79.0 Å². The van der Waals surface area contributed by atoms with Gasteiger partial charge in [0.25, 0.3) is 0 Å². The molecule has 0 aliphatic rings. The average Bonchev–Trinajstić information content (AvgIpc) is 1.25. The van der Waals surface area contributed by atoms with Gasteiger partial charge in [0, 0.05) is 0 Å². The molecule has 0 aromatic rings. The summed E-state index contributed by atoms with van der Waals surface area (Å²) in [5.41, 5.74) is -5.65. The average molecular weight is 189 g/mol. The predicted molar refractivity (Wildman–Crippen MR) is 21.5 cm³/mol. The summed E-state index contributed by atoms with van der Waals surface area (Å²) >= 11 is 0. The van der Waals surface area contributed by atoms with E-state index in [0.29, 0.717) is 0 Å². The van der Waals surface area contributed by atoms with Gasteiger partial charge in [-0.2, -0.15) is 13.2 Å². The minimum Gasteiger partial charge on any atom is -0.741 e. The van der Waals surface area contributed by atoms with E-state index in [1.54, 1.807) is 0 Å². The van der Waals surface area contributed by atoms with E-state index in [1.165, 1.54) is 0 Å². The molecule has 8 heteroatoms. The first-order valence-corrected chi connectivity index (χ1v) is 2.68. The van der Waals surface area contributed by atoms with Gasteiger partial charge in [-0.3, -0.25) is 0 Å². The topological polar surface area (TPSA) is 57.2 Å². The van der Waals surface area contributed by atoms with Crippen molar-refractivity contribution in [2.24, 2.45) is 0 Å². The van der Waals surface area contributed by atoms with Crippen molar-refractivity contribution in [1.82, 2.24) is 0 Å². The maximum Gasteiger partial charge on any atom is 2.00 e. The van der Waals surface area contributed by atoms with Crippen molar-refractivity contribution in [3.63, 3.8) is 0 Å². The van der Waals surface area contributed by atoms with Gasteiger partial charge in [0.1, 0.15) is 0 Å². The molecule has 0 spiro atoms. The molecule has 0 saturated heterocycles. The third-order valence-electron chi connectivity index (χ3n) is 0.283. The molecule has 0 atom stereocenters. The van der Waals surface area contributed by atoms with Crippen molar-refractivity contribution in [2.45, 2.75) is 5.51 Å². The molecule has 0 rings (SSSR count). The first-order valence-electron chi connectivity index (χ1n) is 1.27. The Morgan fingerprint density at radius 3 is 1.33 bits per heavy atom. The van der Waals surface area contributed by atoms with Crippen LogP contribution in [0.2, 0.25) is 0 Å². The van der Waals surface area contributed by atoms with Gasteiger partial charge >= 0.3 is 43.2 Å². The summed E-state index contributed by atoms with van der Waals surface area (Å²) < 4.78 is 58.9. The van der Waals surface area contributed by atoms with Crippen molar-refractivity contribution < 1.29 is 26.1 Å². The van der Waals surface area contributed by atoms with E-state index in [9.17, 15) is 13.2 Å². The second-order valence-corrected chi connectivity index (χ2v) is 2.27. The van der Waals surface area contributed by atoms with Crippen LogP contribution < -0.4 is 0 Å². The van der Waals surface area contributed by atoms with E-state index in [-0.39, 0.29) is 37.7 Å². The molecule has 0 saturated carbocycles. The van der Waals surface area contributed by atoms with E-state index in [0.717, 1.165) is 0 Å². The fourth-order valence-corrected chi connectivity index (χ4v) is 0. The Kier molecular flexibility index (Phi) is 4.74. The molecule has 0 aliphatic carbocycles. The molecule has 0 amide bonds. The standard InChI is InChI=1S/CHF3O3S.Ca/c2-1(3,4)8(5,6)7;/h(H,5,6,7);/q;+2/p-1. The van der Waals surface area contributed by atoms with Gasteiger partial charge in [0.2, 0.25) is 0 Å². The molecule has 0 unspecified atom stereocenters. The summed E-state index contributed by atoms with van der Waals surface area (Å²) in [5.74, 6) is 0. The van der Waals surface area contributed by atoms with E-state index >= 15 is 0 Å². The van der Waals surface area contributed by atoms with Crippen molar-refractivity contribution in [3.05, 3.63) is 0 Å². The van der Waals surface area contributed by atoms with Crippen LogP contribution in [0.4, 0.5) is 13.2 Å². The smallest absolute Gasteiger partial charge is 0.741 e. The fraction of sp³-hybridized carbons (Fsp3) is 1.00. The second-order valence-electron chi connectivity index (χ2n) is 0.900. The molecule has 0 heterocycles. The van der Waals surface area contributed by atoms with Gasteiger partial charge in [-0.05, 0) is 0 Å². The van der Waals surface area contributed by atoms with Crippen molar-refractivity contribution in [2.75, 3.05) is 0 Å². The summed E-state index contributed by atoms with van der Waals surface area (Å²) in [6, 6.07) is 0. The van der Waals surface area contributed by atoms with Gasteiger partial charge in [-0.25, -0.2) is 8.42 Å². The van der Waals surface area contributed by atoms with Gasteiger partial charge in [-0.1, -0.05) is 0 Å². The zero-order valence-corrected chi connectivity index (χ0v) is 7.00. The molecular weight excluding hydrogens is 189 g/mol. The van der Waals surface area contributed by atoms with E-state index in [2.05, 4.69) is 0 Å². The molecule has 0 aromatic heterocycles. The monoisotopic (exact) mass is 189 g/mol. The van der Waals surface area contributed by atoms with Crippen molar-refractivity contribution in [1.29, 1.82) is 0 Å². The third-order valence-corrected chi connectivity index (χ3v) is 0.850. The Hall–Kier alpha value is 0.960. The second kappa shape index (κ2) is 3.38. The Balaban J connectivity index is 0. The molecule has 9 heavy (non-hydrogen) atoms. The minimum absolute atomic E-state index is 0. The largest absolute Gasteiger partial charge is 2.00 e. The number of alkyl halides is 3. The molecule has 0 N–H and O–H groups in total. The minimum atomic E-state index is -6.09. The molecule has 0 radical (unpaired) electrons. The van der Waals surface area contributed by atoms with E-state index < -0.39 is 15.6 Å². The summed E-state index contributed by atoms with van der Waals surface area (Å²) in [4.78, 5) is 0. The quantitative estimate of drug-likeness (QED) is 0.298. The number of halogens is 3. The van der Waals surface area contributed by atoms with Gasteiger partial charge in [-0.15, -0.1) is 0 Å². The molecule has 0 bridgehead atoms. The number of hydrogen-bond acceptors (Lipinski definition) is 3. The van der Waals surface area contributed by atoms with Gasteiger partial charge < -0.3 is 4.55 Å². The third kappa shape index (κ3) is 4.38. The fourth-order valence-electron chi connectivity index (χ4n) is 0. The summed E-state index contributed by atoms with van der Waals surface area (Å²) in [5, 5.41) is 0. The molecule has 0 aromatic carbocycles. The first-order chi connectivity index (χ1) is 3.25. The Morgan fingerprint density at radius 2 is 1.33 bits per heavy atom. The van der Waals surface area contributed by atoms with Gasteiger partial charge in [0.15, 0.2) is 10.1 Å². The summed E-state index contributed by atoms with van der Waals surface area (Å²) in [7, 11) is -6.09. The SMILES string of the molecule is O=S(=O)([O-])C(F)(F)F.[Ca+2]. The van der Waals surface area contributed by atoms with E-state index in [1.807, 2.05) is 0 Å². The zero-order valence-electron chi connectivity index (χ0n) is 3.97. The molecular formula is CCaF3O3S+. The van der Waals surface area contributed by atoms with Crippen LogP contribution in [0.5, 0.6) is 0 Å². The van der Waals surface area contributed by atoms with Crippen LogP contribution in [0.3, 0.4) is 0 Å². The van der Waals surface area contributed by atoms with Crippen LogP contribution in [0.25, 0.3) is 0 Å². The van der Waals surface area contributed by atoms with E-state index in [4.69, 9.17) is 13.0 Å². The molecule has 3 nitrogen and oxygen atoms in total. The zero-order chi connectivity index (χ0) is 7.00. The van der Waals surface area contributed by atoms with Crippen molar-refractivity contribution >= 4 is 47.9 Å². The number of rotatable bonds is 0. The predicted octanol–water partition coefficient (Wildman–Crippen LogP) is -0.329. The van der Waals surface area contributed by atoms with Crippen LogP contribution in [0.1, 0.15) is 0 Å².